The van der Waals surface area contributed by atoms with Crippen LogP contribution in [0.2, 0.25) is 0 Å². The number of nitrogens with zero attached hydrogens (tertiary/aromatic N) is 1. The molecule has 4 N–H and O–H groups in total. The number of amides is 2. The SMILES string of the molecule is O=C(CCCC(=O)C(=O)O)NC1C(=O)N2C(C(=O)O)=C(CO)CS[C@H]12. The van der Waals surface area contributed by atoms with Crippen molar-refractivity contribution in [2.75, 3.05) is 12.4 Å². The number of carbonyl (C=O) groups excluding carboxylic acids is 3. The van der Waals surface area contributed by atoms with Crippen molar-refractivity contribution in [1.82, 2.24) is 10.2 Å². The number of aliphatic hydroxyl groups excluding tert-OH is 1. The van der Waals surface area contributed by atoms with Gasteiger partial charge in [0.1, 0.15) is 17.1 Å². The van der Waals surface area contributed by atoms with Crippen molar-refractivity contribution in [3.63, 3.8) is 0 Å². The van der Waals surface area contributed by atoms with Gasteiger partial charge in [-0.3, -0.25) is 19.3 Å². The van der Waals surface area contributed by atoms with E-state index in [1.54, 1.807) is 0 Å². The normalized spacial score (nSPS) is 22.1. The molecule has 2 aliphatic heterocycles. The number of thioether (sulfide) groups is 1. The Bertz CT molecular complexity index is 674. The van der Waals surface area contributed by atoms with Gasteiger partial charge in [-0.1, -0.05) is 0 Å². The number of nitrogens with one attached hydrogen (secondary N) is 1. The van der Waals surface area contributed by atoms with E-state index < -0.39 is 47.6 Å². The summed E-state index contributed by atoms with van der Waals surface area (Å²) in [5.74, 6) is -4.75. The van der Waals surface area contributed by atoms with Gasteiger partial charge in [0.05, 0.1) is 6.61 Å². The van der Waals surface area contributed by atoms with Gasteiger partial charge in [0.25, 0.3) is 5.91 Å². The monoisotopic (exact) mass is 372 g/mol. The number of carboxylic acid groups (broad SMARTS) is 2. The maximum absolute atomic E-state index is 12.2. The smallest absolute Gasteiger partial charge is 0.372 e. The Morgan fingerprint density at radius 3 is 2.44 bits per heavy atom. The zero-order valence-corrected chi connectivity index (χ0v) is 13.7. The van der Waals surface area contributed by atoms with Gasteiger partial charge in [-0.2, -0.15) is 0 Å². The summed E-state index contributed by atoms with van der Waals surface area (Å²) in [6, 6.07) is -0.887. The second-order valence-corrected chi connectivity index (χ2v) is 6.56. The fraction of sp³-hybridized carbons (Fsp3) is 0.500. The predicted octanol–water partition coefficient (Wildman–Crippen LogP) is -1.46. The first-order valence-electron chi connectivity index (χ1n) is 7.34. The Morgan fingerprint density at radius 1 is 1.20 bits per heavy atom. The Kier molecular flexibility index (Phi) is 5.80. The number of aliphatic carboxylic acids is 2. The molecule has 0 aromatic carbocycles. The number of carbonyl (C=O) groups is 5. The molecule has 0 aromatic rings. The molecule has 2 aliphatic rings. The first kappa shape index (κ1) is 18.9. The molecule has 2 amide bonds. The molecule has 136 valence electrons. The molecular formula is C14H16N2O8S. The number of Topliss-reactive ketones (excluding diaryl/α,β-unsaturated/α-hetero) is 1. The van der Waals surface area contributed by atoms with Gasteiger partial charge in [0, 0.05) is 18.6 Å². The third kappa shape index (κ3) is 3.82. The fourth-order valence-corrected chi connectivity index (χ4v) is 3.90. The second kappa shape index (κ2) is 7.66. The molecule has 1 unspecified atom stereocenters. The maximum atomic E-state index is 12.2. The standard InChI is InChI=1S/C14H16N2O8S/c17-4-6-5-25-12-9(11(20)16(12)10(6)14(23)24)15-8(19)3-1-2-7(18)13(21)22/h9,12,17H,1-5H2,(H,15,19)(H,21,22)(H,23,24)/t9?,12-/m1/s1. The number of hydrogen-bond acceptors (Lipinski definition) is 7. The van der Waals surface area contributed by atoms with Crippen LogP contribution in [-0.2, 0) is 24.0 Å². The van der Waals surface area contributed by atoms with Crippen LogP contribution in [0.25, 0.3) is 0 Å². The maximum Gasteiger partial charge on any atom is 0.372 e. The molecule has 0 radical (unpaired) electrons. The average molecular weight is 372 g/mol. The second-order valence-electron chi connectivity index (χ2n) is 5.45. The molecular weight excluding hydrogens is 356 g/mol. The van der Waals surface area contributed by atoms with E-state index in [0.717, 1.165) is 4.90 Å². The minimum atomic E-state index is -1.56. The Hall–Kier alpha value is -2.40. The predicted molar refractivity (Wildman–Crippen MR) is 83.3 cm³/mol. The molecule has 0 saturated carbocycles. The molecule has 2 heterocycles. The summed E-state index contributed by atoms with van der Waals surface area (Å²) in [5, 5.41) is 28.8. The summed E-state index contributed by atoms with van der Waals surface area (Å²) in [5.41, 5.74) is -0.0205. The molecule has 0 aromatic heterocycles. The number of aliphatic hydroxyl groups is 1. The van der Waals surface area contributed by atoms with Crippen molar-refractivity contribution in [3.05, 3.63) is 11.3 Å². The van der Waals surface area contributed by atoms with Crippen molar-refractivity contribution >= 4 is 41.3 Å². The quantitative estimate of drug-likeness (QED) is 0.295. The van der Waals surface area contributed by atoms with Gasteiger partial charge in [0.15, 0.2) is 0 Å². The Labute approximate surface area is 145 Å². The number of ketones is 1. The lowest BCUT2D eigenvalue weighted by Crippen LogP contribution is -2.70. The summed E-state index contributed by atoms with van der Waals surface area (Å²) in [7, 11) is 0. The van der Waals surface area contributed by atoms with E-state index in [4.69, 9.17) is 5.11 Å². The molecule has 11 heteroatoms. The van der Waals surface area contributed by atoms with Gasteiger partial charge in [-0.25, -0.2) is 9.59 Å². The Balaban J connectivity index is 1.92. The highest BCUT2D eigenvalue weighted by Crippen LogP contribution is 2.40. The van der Waals surface area contributed by atoms with Crippen molar-refractivity contribution in [2.24, 2.45) is 0 Å². The highest BCUT2D eigenvalue weighted by molar-refractivity contribution is 8.00. The topological polar surface area (TPSA) is 161 Å². The lowest BCUT2D eigenvalue weighted by atomic mass is 10.0. The van der Waals surface area contributed by atoms with Crippen LogP contribution in [0.1, 0.15) is 19.3 Å². The third-order valence-corrected chi connectivity index (χ3v) is 5.14. The summed E-state index contributed by atoms with van der Waals surface area (Å²) in [6.45, 7) is -0.472. The van der Waals surface area contributed by atoms with Gasteiger partial charge < -0.3 is 20.6 Å². The molecule has 1 saturated heterocycles. The van der Waals surface area contributed by atoms with E-state index in [2.05, 4.69) is 5.32 Å². The van der Waals surface area contributed by atoms with Crippen LogP contribution in [0.5, 0.6) is 0 Å². The lowest BCUT2D eigenvalue weighted by molar-refractivity contribution is -0.151. The average Bonchev–Trinajstić information content (AvgIpc) is 2.57. The lowest BCUT2D eigenvalue weighted by Gasteiger charge is -2.49. The number of β-lactam (4-membered cyclic amide) rings is 1. The first-order valence-corrected chi connectivity index (χ1v) is 8.39. The molecule has 1 fully saturated rings. The molecule has 2 atom stereocenters. The van der Waals surface area contributed by atoms with Crippen molar-refractivity contribution in [1.29, 1.82) is 0 Å². The van der Waals surface area contributed by atoms with Gasteiger partial charge in [-0.15, -0.1) is 11.8 Å². The van der Waals surface area contributed by atoms with E-state index in [-0.39, 0.29) is 36.3 Å². The highest BCUT2D eigenvalue weighted by Gasteiger charge is 2.53. The number of carboxylic acids is 2. The molecule has 0 aliphatic carbocycles. The summed E-state index contributed by atoms with van der Waals surface area (Å²) in [6.07, 6.45) is -0.366. The van der Waals surface area contributed by atoms with Crippen LogP contribution in [-0.4, -0.2) is 73.5 Å². The van der Waals surface area contributed by atoms with Crippen LogP contribution >= 0.6 is 11.8 Å². The Morgan fingerprint density at radius 2 is 1.88 bits per heavy atom. The van der Waals surface area contributed by atoms with Crippen LogP contribution in [0, 0.1) is 0 Å². The van der Waals surface area contributed by atoms with E-state index >= 15 is 0 Å². The largest absolute Gasteiger partial charge is 0.477 e. The minimum Gasteiger partial charge on any atom is -0.477 e. The van der Waals surface area contributed by atoms with Crippen LogP contribution < -0.4 is 5.32 Å². The van der Waals surface area contributed by atoms with Crippen LogP contribution in [0.4, 0.5) is 0 Å². The summed E-state index contributed by atoms with van der Waals surface area (Å²) < 4.78 is 0. The molecule has 10 nitrogen and oxygen atoms in total. The number of fused-ring (bicyclic) bond motifs is 1. The summed E-state index contributed by atoms with van der Waals surface area (Å²) >= 11 is 1.23. The molecule has 0 spiro atoms. The molecule has 0 bridgehead atoms. The zero-order valence-electron chi connectivity index (χ0n) is 12.9. The third-order valence-electron chi connectivity index (χ3n) is 3.80. The van der Waals surface area contributed by atoms with E-state index in [9.17, 15) is 34.2 Å². The highest BCUT2D eigenvalue weighted by atomic mass is 32.2. The first-order chi connectivity index (χ1) is 11.8. The molecule has 25 heavy (non-hydrogen) atoms. The van der Waals surface area contributed by atoms with Gasteiger partial charge in [0.2, 0.25) is 11.7 Å². The van der Waals surface area contributed by atoms with Gasteiger partial charge in [-0.05, 0) is 12.0 Å². The zero-order chi connectivity index (χ0) is 18.7. The van der Waals surface area contributed by atoms with E-state index in [1.165, 1.54) is 11.8 Å². The number of hydrogen-bond donors (Lipinski definition) is 4. The van der Waals surface area contributed by atoms with Crippen molar-refractivity contribution < 1.29 is 39.3 Å². The summed E-state index contributed by atoms with van der Waals surface area (Å²) in [4.78, 5) is 57.7. The van der Waals surface area contributed by atoms with E-state index in [1.807, 2.05) is 0 Å². The van der Waals surface area contributed by atoms with E-state index in [0.29, 0.717) is 0 Å². The van der Waals surface area contributed by atoms with Crippen LogP contribution in [0.3, 0.4) is 0 Å². The molecule has 2 rings (SSSR count). The van der Waals surface area contributed by atoms with Gasteiger partial charge >= 0.3 is 11.9 Å². The minimum absolute atomic E-state index is 0.0361. The van der Waals surface area contributed by atoms with Crippen molar-refractivity contribution in [2.45, 2.75) is 30.7 Å². The fourth-order valence-electron chi connectivity index (χ4n) is 2.57. The van der Waals surface area contributed by atoms with Crippen LogP contribution in [0.15, 0.2) is 11.3 Å². The number of rotatable bonds is 8. The van der Waals surface area contributed by atoms with Crippen molar-refractivity contribution in [3.8, 4) is 0 Å².